The summed E-state index contributed by atoms with van der Waals surface area (Å²) in [7, 11) is 4.12. The summed E-state index contributed by atoms with van der Waals surface area (Å²) >= 11 is 0. The molecule has 0 radical (unpaired) electrons. The van der Waals surface area contributed by atoms with E-state index in [9.17, 15) is 4.79 Å². The Kier molecular flexibility index (Phi) is 4.05. The fraction of sp³-hybridized carbons (Fsp3) is 0.923. The van der Waals surface area contributed by atoms with E-state index in [1.165, 1.54) is 12.8 Å². The Hall–Kier alpha value is -0.610. The number of carbonyl (C=O) groups excluding carboxylic acids is 1. The zero-order valence-corrected chi connectivity index (χ0v) is 11.3. The highest BCUT2D eigenvalue weighted by Crippen LogP contribution is 2.23. The van der Waals surface area contributed by atoms with Crippen molar-refractivity contribution in [1.29, 1.82) is 0 Å². The summed E-state index contributed by atoms with van der Waals surface area (Å²) in [6.45, 7) is 4.02. The zero-order valence-electron chi connectivity index (χ0n) is 11.3. The van der Waals surface area contributed by atoms with E-state index in [0.29, 0.717) is 18.0 Å². The first-order valence-corrected chi connectivity index (χ1v) is 6.79. The quantitative estimate of drug-likeness (QED) is 0.766. The van der Waals surface area contributed by atoms with Gasteiger partial charge in [-0.25, -0.2) is 0 Å². The van der Waals surface area contributed by atoms with Crippen LogP contribution in [0.15, 0.2) is 0 Å². The Morgan fingerprint density at radius 3 is 2.71 bits per heavy atom. The predicted molar refractivity (Wildman–Crippen MR) is 68.9 cm³/mol. The van der Waals surface area contributed by atoms with Crippen molar-refractivity contribution in [2.75, 3.05) is 27.2 Å². The van der Waals surface area contributed by atoms with Crippen LogP contribution in [0.1, 0.15) is 32.6 Å². The average molecular weight is 239 g/mol. The molecule has 0 spiro atoms. The molecule has 0 aromatic rings. The number of carbonyl (C=O) groups is 1. The van der Waals surface area contributed by atoms with Crippen LogP contribution in [0.25, 0.3) is 0 Å². The molecule has 1 aliphatic heterocycles. The maximum Gasteiger partial charge on any atom is 0.239 e. The Morgan fingerprint density at radius 2 is 2.12 bits per heavy atom. The van der Waals surface area contributed by atoms with Crippen LogP contribution in [0.2, 0.25) is 0 Å². The Morgan fingerprint density at radius 1 is 1.41 bits per heavy atom. The van der Waals surface area contributed by atoms with E-state index in [-0.39, 0.29) is 6.04 Å². The highest BCUT2D eigenvalue weighted by atomic mass is 16.2. The lowest BCUT2D eigenvalue weighted by Crippen LogP contribution is -2.55. The molecule has 2 atom stereocenters. The van der Waals surface area contributed by atoms with Gasteiger partial charge < -0.3 is 15.1 Å². The maximum atomic E-state index is 12.4. The fourth-order valence-corrected chi connectivity index (χ4v) is 2.65. The van der Waals surface area contributed by atoms with Crippen LogP contribution in [0.4, 0.5) is 0 Å². The monoisotopic (exact) mass is 239 g/mol. The van der Waals surface area contributed by atoms with E-state index in [2.05, 4.69) is 36.1 Å². The van der Waals surface area contributed by atoms with E-state index < -0.39 is 0 Å². The third-order valence-corrected chi connectivity index (χ3v) is 3.65. The predicted octanol–water partition coefficient (Wildman–Crippen LogP) is 0.679. The number of nitrogens with one attached hydrogen (secondary N) is 1. The highest BCUT2D eigenvalue weighted by molar-refractivity contribution is 5.83. The lowest BCUT2D eigenvalue weighted by molar-refractivity contribution is -0.138. The Labute approximate surface area is 104 Å². The minimum atomic E-state index is 0.0841. The summed E-state index contributed by atoms with van der Waals surface area (Å²) < 4.78 is 0. The van der Waals surface area contributed by atoms with Gasteiger partial charge in [0.15, 0.2) is 0 Å². The van der Waals surface area contributed by atoms with Crippen molar-refractivity contribution >= 4 is 5.91 Å². The number of hydrogen-bond acceptors (Lipinski definition) is 3. The summed E-state index contributed by atoms with van der Waals surface area (Å²) in [6, 6.07) is 1.02. The number of amides is 1. The molecule has 1 heterocycles. The van der Waals surface area contributed by atoms with Crippen LogP contribution in [0.5, 0.6) is 0 Å². The summed E-state index contributed by atoms with van der Waals surface area (Å²) in [5, 5.41) is 3.48. The van der Waals surface area contributed by atoms with Crippen LogP contribution in [0, 0.1) is 0 Å². The molecule has 98 valence electrons. The summed E-state index contributed by atoms with van der Waals surface area (Å²) in [5.74, 6) is 0.317. The van der Waals surface area contributed by atoms with Gasteiger partial charge in [-0.15, -0.1) is 0 Å². The van der Waals surface area contributed by atoms with Crippen molar-refractivity contribution in [2.24, 2.45) is 0 Å². The van der Waals surface area contributed by atoms with Gasteiger partial charge in [-0.05, 0) is 46.7 Å². The standard InChI is InChI=1S/C13H25N3O/c1-10(9-15(2)3)16-8-4-5-12(13(16)17)14-11-6-7-11/h10-12,14H,4-9H2,1-3H3. The van der Waals surface area contributed by atoms with Crippen molar-refractivity contribution in [1.82, 2.24) is 15.1 Å². The number of nitrogens with zero attached hydrogens (tertiary/aromatic N) is 2. The molecular formula is C13H25N3O. The lowest BCUT2D eigenvalue weighted by Gasteiger charge is -2.38. The molecule has 2 unspecified atom stereocenters. The van der Waals surface area contributed by atoms with Crippen molar-refractivity contribution < 1.29 is 4.79 Å². The zero-order chi connectivity index (χ0) is 12.4. The molecule has 2 fully saturated rings. The number of likely N-dealkylation sites (tertiary alicyclic amines) is 1. The second-order valence-corrected chi connectivity index (χ2v) is 5.78. The molecule has 0 aromatic carbocycles. The van der Waals surface area contributed by atoms with Crippen LogP contribution in [-0.2, 0) is 4.79 Å². The lowest BCUT2D eigenvalue weighted by atomic mass is 10.0. The molecule has 2 rings (SSSR count). The van der Waals surface area contributed by atoms with E-state index in [1.807, 2.05) is 0 Å². The molecule has 1 saturated carbocycles. The minimum absolute atomic E-state index is 0.0841. The molecule has 17 heavy (non-hydrogen) atoms. The molecular weight excluding hydrogens is 214 g/mol. The first kappa shape index (κ1) is 12.8. The molecule has 1 aliphatic carbocycles. The average Bonchev–Trinajstić information content (AvgIpc) is 3.04. The Balaban J connectivity index is 1.89. The van der Waals surface area contributed by atoms with Crippen molar-refractivity contribution in [3.8, 4) is 0 Å². The molecule has 1 amide bonds. The van der Waals surface area contributed by atoms with Gasteiger partial charge in [-0.2, -0.15) is 0 Å². The van der Waals surface area contributed by atoms with Crippen LogP contribution in [0.3, 0.4) is 0 Å². The van der Waals surface area contributed by atoms with Crippen LogP contribution >= 0.6 is 0 Å². The van der Waals surface area contributed by atoms with Gasteiger partial charge in [0.2, 0.25) is 5.91 Å². The van der Waals surface area contributed by atoms with E-state index >= 15 is 0 Å². The first-order chi connectivity index (χ1) is 8.08. The van der Waals surface area contributed by atoms with Crippen molar-refractivity contribution in [2.45, 2.75) is 50.7 Å². The van der Waals surface area contributed by atoms with Crippen LogP contribution in [-0.4, -0.2) is 61.0 Å². The van der Waals surface area contributed by atoms with Gasteiger partial charge in [0.1, 0.15) is 0 Å². The largest absolute Gasteiger partial charge is 0.337 e. The molecule has 1 N–H and O–H groups in total. The van der Waals surface area contributed by atoms with E-state index in [1.54, 1.807) is 0 Å². The molecule has 2 aliphatic rings. The second kappa shape index (κ2) is 5.36. The van der Waals surface area contributed by atoms with Crippen molar-refractivity contribution in [3.63, 3.8) is 0 Å². The second-order valence-electron chi connectivity index (χ2n) is 5.78. The number of likely N-dealkylation sites (N-methyl/N-ethyl adjacent to an activating group) is 1. The number of hydrogen-bond donors (Lipinski definition) is 1. The minimum Gasteiger partial charge on any atom is -0.337 e. The SMILES string of the molecule is CC(CN(C)C)N1CCCC(NC2CC2)C1=O. The van der Waals surface area contributed by atoms with Gasteiger partial charge in [-0.3, -0.25) is 4.79 Å². The van der Waals surface area contributed by atoms with E-state index in [0.717, 1.165) is 25.9 Å². The van der Waals surface area contributed by atoms with Gasteiger partial charge >= 0.3 is 0 Å². The highest BCUT2D eigenvalue weighted by Gasteiger charge is 2.34. The normalized spacial score (nSPS) is 27.6. The van der Waals surface area contributed by atoms with Gasteiger partial charge in [0, 0.05) is 25.2 Å². The van der Waals surface area contributed by atoms with Gasteiger partial charge in [-0.1, -0.05) is 0 Å². The summed E-state index contributed by atoms with van der Waals surface area (Å²) in [5.41, 5.74) is 0. The molecule has 0 bridgehead atoms. The molecule has 1 saturated heterocycles. The van der Waals surface area contributed by atoms with Crippen molar-refractivity contribution in [3.05, 3.63) is 0 Å². The maximum absolute atomic E-state index is 12.4. The van der Waals surface area contributed by atoms with E-state index in [4.69, 9.17) is 0 Å². The number of rotatable bonds is 5. The number of piperidine rings is 1. The van der Waals surface area contributed by atoms with Gasteiger partial charge in [0.25, 0.3) is 0 Å². The van der Waals surface area contributed by atoms with Crippen LogP contribution < -0.4 is 5.32 Å². The molecule has 4 nitrogen and oxygen atoms in total. The summed E-state index contributed by atoms with van der Waals surface area (Å²) in [4.78, 5) is 16.6. The molecule has 0 aromatic heterocycles. The topological polar surface area (TPSA) is 35.6 Å². The third kappa shape index (κ3) is 3.42. The summed E-state index contributed by atoms with van der Waals surface area (Å²) in [6.07, 6.45) is 4.64. The Bertz CT molecular complexity index is 276. The molecule has 4 heteroatoms. The van der Waals surface area contributed by atoms with Gasteiger partial charge in [0.05, 0.1) is 6.04 Å². The fourth-order valence-electron chi connectivity index (χ4n) is 2.65. The smallest absolute Gasteiger partial charge is 0.239 e. The third-order valence-electron chi connectivity index (χ3n) is 3.65. The first-order valence-electron chi connectivity index (χ1n) is 6.79.